The van der Waals surface area contributed by atoms with Crippen LogP contribution in [0.25, 0.3) is 5.65 Å². The molecule has 0 aliphatic carbocycles. The van der Waals surface area contributed by atoms with Crippen LogP contribution in [0.1, 0.15) is 5.56 Å². The minimum absolute atomic E-state index is 0.186. The van der Waals surface area contributed by atoms with E-state index in [2.05, 4.69) is 26.0 Å². The van der Waals surface area contributed by atoms with E-state index >= 15 is 0 Å². The molecule has 1 aromatic carbocycles. The maximum absolute atomic E-state index is 12.1. The summed E-state index contributed by atoms with van der Waals surface area (Å²) >= 11 is 3.43. The van der Waals surface area contributed by atoms with Gasteiger partial charge in [0.05, 0.1) is 24.3 Å². The Labute approximate surface area is 122 Å². The fraction of sp³-hybridized carbons (Fsp3) is 0.154. The van der Waals surface area contributed by atoms with Gasteiger partial charge in [0, 0.05) is 12.4 Å². The normalized spacial score (nSPS) is 10.9. The smallest absolute Gasteiger partial charge is 0.350 e. The Kier molecular flexibility index (Phi) is 3.27. The summed E-state index contributed by atoms with van der Waals surface area (Å²) in [5, 5.41) is 4.24. The highest BCUT2D eigenvalue weighted by atomic mass is 79.9. The third-order valence-electron chi connectivity index (χ3n) is 2.94. The van der Waals surface area contributed by atoms with E-state index in [-0.39, 0.29) is 5.69 Å². The fourth-order valence-corrected chi connectivity index (χ4v) is 2.55. The lowest BCUT2D eigenvalue weighted by Gasteiger charge is -2.05. The zero-order chi connectivity index (χ0) is 14.1. The third-order valence-corrected chi connectivity index (χ3v) is 3.56. The summed E-state index contributed by atoms with van der Waals surface area (Å²) in [5.74, 6) is 0.750. The number of ether oxygens (including phenoxy) is 1. The summed E-state index contributed by atoms with van der Waals surface area (Å²) in [6.45, 7) is 0.392. The first kappa shape index (κ1) is 12.9. The molecule has 0 amide bonds. The van der Waals surface area contributed by atoms with Crippen molar-refractivity contribution in [2.24, 2.45) is 0 Å². The number of rotatable bonds is 3. The summed E-state index contributed by atoms with van der Waals surface area (Å²) in [6.07, 6.45) is 4.72. The van der Waals surface area contributed by atoms with Crippen LogP contribution in [0, 0.1) is 0 Å². The number of hydrogen-bond acceptors (Lipinski definition) is 4. The molecular weight excluding hydrogens is 324 g/mol. The van der Waals surface area contributed by atoms with E-state index in [0.717, 1.165) is 15.8 Å². The third kappa shape index (κ3) is 2.20. The second kappa shape index (κ2) is 5.09. The molecule has 7 heteroatoms. The maximum Gasteiger partial charge on any atom is 0.350 e. The molecule has 20 heavy (non-hydrogen) atoms. The first-order valence-electron chi connectivity index (χ1n) is 5.90. The first-order chi connectivity index (χ1) is 9.69. The summed E-state index contributed by atoms with van der Waals surface area (Å²) in [7, 11) is 1.61. The number of methoxy groups -OCH3 is 1. The average Bonchev–Trinajstić information content (AvgIpc) is 2.76. The molecule has 0 saturated carbocycles. The summed E-state index contributed by atoms with van der Waals surface area (Å²) in [5.41, 5.74) is 1.30. The molecule has 0 saturated heterocycles. The quantitative estimate of drug-likeness (QED) is 0.731. The first-order valence-corrected chi connectivity index (χ1v) is 6.70. The molecule has 0 spiro atoms. The highest BCUT2D eigenvalue weighted by Crippen LogP contribution is 2.25. The predicted molar refractivity (Wildman–Crippen MR) is 77.0 cm³/mol. The molecular formula is C13H11BrN4O2. The maximum atomic E-state index is 12.1. The van der Waals surface area contributed by atoms with Crippen LogP contribution < -0.4 is 10.4 Å². The van der Waals surface area contributed by atoms with Gasteiger partial charge in [0.2, 0.25) is 0 Å². The Morgan fingerprint density at radius 3 is 2.95 bits per heavy atom. The van der Waals surface area contributed by atoms with Crippen LogP contribution in [0.5, 0.6) is 5.75 Å². The number of fused-ring (bicyclic) bond motifs is 1. The monoisotopic (exact) mass is 334 g/mol. The van der Waals surface area contributed by atoms with E-state index in [9.17, 15) is 4.79 Å². The highest BCUT2D eigenvalue weighted by Gasteiger charge is 2.08. The van der Waals surface area contributed by atoms with E-state index < -0.39 is 0 Å². The zero-order valence-corrected chi connectivity index (χ0v) is 12.2. The van der Waals surface area contributed by atoms with Gasteiger partial charge >= 0.3 is 5.69 Å². The molecule has 2 aromatic heterocycles. The minimum atomic E-state index is -0.186. The van der Waals surface area contributed by atoms with Crippen molar-refractivity contribution in [1.29, 1.82) is 0 Å². The molecule has 0 N–H and O–H groups in total. The Balaban J connectivity index is 1.99. The van der Waals surface area contributed by atoms with Crippen molar-refractivity contribution in [1.82, 2.24) is 19.2 Å². The van der Waals surface area contributed by atoms with Crippen molar-refractivity contribution in [3.05, 3.63) is 57.3 Å². The molecule has 0 radical (unpaired) electrons. The van der Waals surface area contributed by atoms with Crippen molar-refractivity contribution in [3.63, 3.8) is 0 Å². The summed E-state index contributed by atoms with van der Waals surface area (Å²) in [4.78, 5) is 16.1. The lowest BCUT2D eigenvalue weighted by Crippen LogP contribution is -2.21. The number of hydrogen-bond donors (Lipinski definition) is 0. The van der Waals surface area contributed by atoms with Gasteiger partial charge in [-0.1, -0.05) is 6.07 Å². The predicted octanol–water partition coefficient (Wildman–Crippen LogP) is 1.71. The molecule has 0 aliphatic rings. The number of nitrogens with zero attached hydrogens (tertiary/aromatic N) is 4. The van der Waals surface area contributed by atoms with Gasteiger partial charge in [0.25, 0.3) is 0 Å². The van der Waals surface area contributed by atoms with Crippen LogP contribution in [0.4, 0.5) is 0 Å². The molecule has 3 rings (SSSR count). The molecule has 102 valence electrons. The Morgan fingerprint density at radius 2 is 2.25 bits per heavy atom. The van der Waals surface area contributed by atoms with E-state index in [1.54, 1.807) is 25.7 Å². The van der Waals surface area contributed by atoms with Gasteiger partial charge in [0.1, 0.15) is 5.75 Å². The van der Waals surface area contributed by atoms with Gasteiger partial charge in [-0.05, 0) is 33.6 Å². The molecule has 3 aromatic rings. The number of aromatic nitrogens is 4. The average molecular weight is 335 g/mol. The molecule has 0 atom stereocenters. The second-order valence-corrected chi connectivity index (χ2v) is 5.07. The highest BCUT2D eigenvalue weighted by molar-refractivity contribution is 9.10. The fourth-order valence-electron chi connectivity index (χ4n) is 1.96. The van der Waals surface area contributed by atoms with E-state index in [1.807, 2.05) is 18.2 Å². The Morgan fingerprint density at radius 1 is 1.40 bits per heavy atom. The van der Waals surface area contributed by atoms with Crippen LogP contribution in [0.2, 0.25) is 0 Å². The van der Waals surface area contributed by atoms with Crippen LogP contribution in [-0.2, 0) is 6.54 Å². The van der Waals surface area contributed by atoms with E-state index in [1.165, 1.54) is 9.08 Å². The summed E-state index contributed by atoms with van der Waals surface area (Å²) in [6, 6.07) is 5.66. The zero-order valence-electron chi connectivity index (χ0n) is 10.7. The molecule has 0 aliphatic heterocycles. The standard InChI is InChI=1S/C13H11BrN4O2/c1-20-11-3-2-9(6-10(11)14)8-18-13(19)17-5-4-15-7-12(17)16-18/h2-7H,8H2,1H3. The van der Waals surface area contributed by atoms with Crippen LogP contribution in [0.3, 0.4) is 0 Å². The summed E-state index contributed by atoms with van der Waals surface area (Å²) < 4.78 is 8.89. The van der Waals surface area contributed by atoms with Crippen LogP contribution >= 0.6 is 15.9 Å². The van der Waals surface area contributed by atoms with Crippen molar-refractivity contribution >= 4 is 21.6 Å². The number of benzene rings is 1. The van der Waals surface area contributed by atoms with Gasteiger partial charge in [-0.25, -0.2) is 13.9 Å². The Hall–Kier alpha value is -2.15. The lowest BCUT2D eigenvalue weighted by atomic mass is 10.2. The molecule has 2 heterocycles. The van der Waals surface area contributed by atoms with Gasteiger partial charge in [-0.15, -0.1) is 5.10 Å². The molecule has 0 unspecified atom stereocenters. The number of halogens is 1. The minimum Gasteiger partial charge on any atom is -0.496 e. The van der Waals surface area contributed by atoms with Gasteiger partial charge in [-0.2, -0.15) is 0 Å². The van der Waals surface area contributed by atoms with Crippen molar-refractivity contribution in [2.75, 3.05) is 7.11 Å². The molecule has 0 fully saturated rings. The Bertz CT molecular complexity index is 825. The van der Waals surface area contributed by atoms with Crippen LogP contribution in [0.15, 0.2) is 46.1 Å². The lowest BCUT2D eigenvalue weighted by molar-refractivity contribution is 0.412. The van der Waals surface area contributed by atoms with Crippen molar-refractivity contribution in [2.45, 2.75) is 6.54 Å². The van der Waals surface area contributed by atoms with Crippen molar-refractivity contribution < 1.29 is 4.74 Å². The van der Waals surface area contributed by atoms with Crippen LogP contribution in [-0.4, -0.2) is 26.3 Å². The van der Waals surface area contributed by atoms with Gasteiger partial charge in [0.15, 0.2) is 5.65 Å². The van der Waals surface area contributed by atoms with Gasteiger partial charge < -0.3 is 4.74 Å². The topological polar surface area (TPSA) is 61.4 Å². The molecule has 0 bridgehead atoms. The van der Waals surface area contributed by atoms with Crippen molar-refractivity contribution in [3.8, 4) is 5.75 Å². The van der Waals surface area contributed by atoms with E-state index in [4.69, 9.17) is 4.74 Å². The SMILES string of the molecule is COc1ccc(Cn2nc3cnccn3c2=O)cc1Br. The van der Waals surface area contributed by atoms with E-state index in [0.29, 0.717) is 12.2 Å². The second-order valence-electron chi connectivity index (χ2n) is 4.21. The molecule has 6 nitrogen and oxygen atoms in total. The largest absolute Gasteiger partial charge is 0.496 e. The van der Waals surface area contributed by atoms with Gasteiger partial charge in [-0.3, -0.25) is 4.98 Å².